The molecule has 1 spiro atoms. The van der Waals surface area contributed by atoms with E-state index in [9.17, 15) is 4.79 Å². The predicted molar refractivity (Wildman–Crippen MR) is 136 cm³/mol. The third kappa shape index (κ3) is 4.10. The first-order valence-electron chi connectivity index (χ1n) is 12.1. The minimum Gasteiger partial charge on any atom is -0.495 e. The van der Waals surface area contributed by atoms with Crippen LogP contribution in [0, 0.1) is 5.95 Å². The molecule has 0 bridgehead atoms. The summed E-state index contributed by atoms with van der Waals surface area (Å²) in [5, 5.41) is 2.86. The number of fused-ring (bicyclic) bond motifs is 4. The van der Waals surface area contributed by atoms with Crippen molar-refractivity contribution in [3.05, 3.63) is 77.1 Å². The molecule has 0 aliphatic carbocycles. The smallest absolute Gasteiger partial charge is 0.283 e. The number of nitrogens with one attached hydrogen (secondary N) is 1. The van der Waals surface area contributed by atoms with E-state index in [4.69, 9.17) is 29.7 Å². The van der Waals surface area contributed by atoms with Gasteiger partial charge in [-0.1, -0.05) is 6.08 Å². The van der Waals surface area contributed by atoms with Gasteiger partial charge in [0.1, 0.15) is 22.7 Å². The molecule has 1 amide bonds. The van der Waals surface area contributed by atoms with E-state index in [2.05, 4.69) is 15.3 Å². The van der Waals surface area contributed by atoms with Crippen molar-refractivity contribution in [3.63, 3.8) is 0 Å². The van der Waals surface area contributed by atoms with Crippen molar-refractivity contribution in [2.45, 2.75) is 18.4 Å². The Labute approximate surface area is 217 Å². The van der Waals surface area contributed by atoms with E-state index in [-0.39, 0.29) is 24.1 Å². The lowest BCUT2D eigenvalue weighted by Gasteiger charge is -2.39. The monoisotopic (exact) mass is 517 g/mol. The van der Waals surface area contributed by atoms with Gasteiger partial charge in [-0.2, -0.15) is 4.39 Å². The van der Waals surface area contributed by atoms with E-state index < -0.39 is 17.4 Å². The lowest BCUT2D eigenvalue weighted by Crippen LogP contribution is -2.39. The minimum atomic E-state index is -1.10. The number of carbonyl (C=O) groups excluding carboxylic acids is 1. The number of anilines is 1. The summed E-state index contributed by atoms with van der Waals surface area (Å²) < 4.78 is 37.4. The molecule has 10 nitrogen and oxygen atoms in total. The Morgan fingerprint density at radius 2 is 2.08 bits per heavy atom. The summed E-state index contributed by atoms with van der Waals surface area (Å²) in [5.74, 6) is -0.224. The number of amides is 1. The number of aliphatic imine (C=N–C) groups is 1. The molecule has 1 atom stereocenters. The first-order valence-corrected chi connectivity index (χ1v) is 12.1. The second kappa shape index (κ2) is 9.42. The number of pyridine rings is 2. The molecule has 3 aliphatic rings. The third-order valence-corrected chi connectivity index (χ3v) is 6.78. The fourth-order valence-electron chi connectivity index (χ4n) is 4.91. The zero-order valence-electron chi connectivity index (χ0n) is 20.5. The molecule has 0 saturated carbocycles. The van der Waals surface area contributed by atoms with Crippen molar-refractivity contribution < 1.29 is 28.1 Å². The van der Waals surface area contributed by atoms with Crippen LogP contribution in [0.1, 0.15) is 40.2 Å². The minimum absolute atomic E-state index is 0.00780. The number of carbonyl (C=O) groups is 1. The first kappa shape index (κ1) is 23.9. The van der Waals surface area contributed by atoms with Crippen LogP contribution in [0.15, 0.2) is 53.7 Å². The van der Waals surface area contributed by atoms with Crippen LogP contribution in [0.2, 0.25) is 0 Å². The Morgan fingerprint density at radius 1 is 1.18 bits per heavy atom. The van der Waals surface area contributed by atoms with Gasteiger partial charge in [0.15, 0.2) is 5.75 Å². The fourth-order valence-corrected chi connectivity index (χ4v) is 4.91. The number of amidine groups is 1. The van der Waals surface area contributed by atoms with Crippen LogP contribution >= 0.6 is 0 Å². The molecule has 3 aliphatic heterocycles. The van der Waals surface area contributed by atoms with Crippen molar-refractivity contribution in [3.8, 4) is 17.2 Å². The number of rotatable bonds is 4. The number of hydrogen-bond donors (Lipinski definition) is 2. The molecule has 3 N–H and O–H groups in total. The number of methoxy groups -OCH3 is 1. The van der Waals surface area contributed by atoms with Gasteiger partial charge in [0.05, 0.1) is 38.8 Å². The van der Waals surface area contributed by atoms with Crippen molar-refractivity contribution in [2.24, 2.45) is 10.7 Å². The summed E-state index contributed by atoms with van der Waals surface area (Å²) in [6.07, 6.45) is 4.35. The average Bonchev–Trinajstić information content (AvgIpc) is 2.94. The Kier molecular flexibility index (Phi) is 5.91. The molecular formula is C27H24FN5O5. The van der Waals surface area contributed by atoms with Crippen LogP contribution in [0.5, 0.6) is 17.2 Å². The highest BCUT2D eigenvalue weighted by Gasteiger charge is 2.46. The standard InChI is InChI=1S/C27H24FN5O5/c1-35-17-3-4-20(30-14-17)25(34)31-16-2-5-22-18(12-16)27(8-11-37-26(29)33-27)19-13-21(15-6-9-36-10-7-15)32-24(28)23(19)38-22/h2-6,12-14H,7-11H2,1H3,(H2,29,33)(H,31,34)/t27-/m0/s1. The van der Waals surface area contributed by atoms with Crippen LogP contribution in [0.25, 0.3) is 5.57 Å². The number of ether oxygens (including phenoxy) is 4. The molecule has 0 fully saturated rings. The Morgan fingerprint density at radius 3 is 2.82 bits per heavy atom. The van der Waals surface area contributed by atoms with Crippen LogP contribution < -0.4 is 20.5 Å². The molecule has 194 valence electrons. The van der Waals surface area contributed by atoms with E-state index in [1.54, 1.807) is 36.4 Å². The third-order valence-electron chi connectivity index (χ3n) is 6.78. The van der Waals surface area contributed by atoms with Gasteiger partial charge in [-0.25, -0.2) is 15.0 Å². The Bertz CT molecular complexity index is 1490. The van der Waals surface area contributed by atoms with Crippen LogP contribution in [0.3, 0.4) is 0 Å². The SMILES string of the molecule is COc1ccc(C(=O)Nc2ccc3c(c2)[C@@]2(CCOC(N)=N2)c2cc(C4=CCOCC4)nc(F)c2O3)nc1. The van der Waals surface area contributed by atoms with Gasteiger partial charge in [-0.05, 0) is 48.4 Å². The molecule has 0 unspecified atom stereocenters. The summed E-state index contributed by atoms with van der Waals surface area (Å²) in [6.45, 7) is 1.23. The molecule has 0 radical (unpaired) electrons. The molecular weight excluding hydrogens is 493 g/mol. The zero-order chi connectivity index (χ0) is 26.3. The maximum atomic E-state index is 15.4. The van der Waals surface area contributed by atoms with E-state index in [1.807, 2.05) is 6.08 Å². The molecule has 11 heteroatoms. The lowest BCUT2D eigenvalue weighted by molar-refractivity contribution is 0.102. The zero-order valence-corrected chi connectivity index (χ0v) is 20.5. The molecule has 3 aromatic rings. The molecule has 1 aromatic carbocycles. The lowest BCUT2D eigenvalue weighted by atomic mass is 9.77. The topological polar surface area (TPSA) is 130 Å². The summed E-state index contributed by atoms with van der Waals surface area (Å²) in [5.41, 5.74) is 8.14. The van der Waals surface area contributed by atoms with Crippen molar-refractivity contribution in [2.75, 3.05) is 32.2 Å². The summed E-state index contributed by atoms with van der Waals surface area (Å²) >= 11 is 0. The van der Waals surface area contributed by atoms with E-state index in [0.29, 0.717) is 60.1 Å². The maximum Gasteiger partial charge on any atom is 0.283 e. The second-order valence-electron chi connectivity index (χ2n) is 8.99. The number of benzene rings is 1. The van der Waals surface area contributed by atoms with Crippen molar-refractivity contribution in [1.82, 2.24) is 9.97 Å². The van der Waals surface area contributed by atoms with E-state index in [0.717, 1.165) is 5.57 Å². The summed E-state index contributed by atoms with van der Waals surface area (Å²) in [7, 11) is 1.52. The van der Waals surface area contributed by atoms with E-state index >= 15 is 4.39 Å². The first-order chi connectivity index (χ1) is 18.5. The Balaban J connectivity index is 1.43. The van der Waals surface area contributed by atoms with Gasteiger partial charge in [0.25, 0.3) is 17.9 Å². The second-order valence-corrected chi connectivity index (χ2v) is 8.99. The molecule has 5 heterocycles. The van der Waals surface area contributed by atoms with Gasteiger partial charge in [0.2, 0.25) is 0 Å². The molecule has 38 heavy (non-hydrogen) atoms. The average molecular weight is 518 g/mol. The fraction of sp³-hybridized carbons (Fsp3) is 0.259. The number of aromatic nitrogens is 2. The largest absolute Gasteiger partial charge is 0.495 e. The van der Waals surface area contributed by atoms with Crippen molar-refractivity contribution >= 4 is 23.2 Å². The number of nitrogens with zero attached hydrogens (tertiary/aromatic N) is 3. The van der Waals surface area contributed by atoms with Crippen LogP contribution in [-0.2, 0) is 15.0 Å². The highest BCUT2D eigenvalue weighted by molar-refractivity contribution is 6.03. The summed E-state index contributed by atoms with van der Waals surface area (Å²) in [4.78, 5) is 25.9. The highest BCUT2D eigenvalue weighted by atomic mass is 19.1. The van der Waals surface area contributed by atoms with Crippen molar-refractivity contribution in [1.29, 1.82) is 0 Å². The van der Waals surface area contributed by atoms with Gasteiger partial charge >= 0.3 is 0 Å². The van der Waals surface area contributed by atoms with Gasteiger partial charge in [0, 0.05) is 23.2 Å². The summed E-state index contributed by atoms with van der Waals surface area (Å²) in [6, 6.07) is 10.1. The molecule has 6 rings (SSSR count). The van der Waals surface area contributed by atoms with Gasteiger partial charge < -0.3 is 30.0 Å². The molecule has 0 saturated heterocycles. The molecule has 2 aromatic heterocycles. The van der Waals surface area contributed by atoms with Gasteiger partial charge in [-0.15, -0.1) is 0 Å². The van der Waals surface area contributed by atoms with Gasteiger partial charge in [-0.3, -0.25) is 4.79 Å². The number of nitrogens with two attached hydrogens (primary N) is 1. The Hall–Kier alpha value is -4.51. The van der Waals surface area contributed by atoms with Crippen LogP contribution in [-0.4, -0.2) is 48.8 Å². The van der Waals surface area contributed by atoms with E-state index in [1.165, 1.54) is 13.3 Å². The highest BCUT2D eigenvalue weighted by Crippen LogP contribution is 2.53. The normalized spacial score (nSPS) is 19.7. The maximum absolute atomic E-state index is 15.4. The number of hydrogen-bond acceptors (Lipinski definition) is 9. The van der Waals surface area contributed by atoms with Crippen LogP contribution in [0.4, 0.5) is 10.1 Å². The predicted octanol–water partition coefficient (Wildman–Crippen LogP) is 3.76. The quantitative estimate of drug-likeness (QED) is 0.501. The number of halogens is 1.